The molecule has 4 aromatic rings. The van der Waals surface area contributed by atoms with Gasteiger partial charge in [-0.05, 0) is 42.5 Å². The van der Waals surface area contributed by atoms with Crippen molar-refractivity contribution < 1.29 is 9.53 Å². The van der Waals surface area contributed by atoms with Crippen molar-refractivity contribution in [1.29, 1.82) is 0 Å². The van der Waals surface area contributed by atoms with Gasteiger partial charge in [0.2, 0.25) is 0 Å². The molecule has 4 rings (SSSR count). The number of urea groups is 1. The molecule has 8 heteroatoms. The number of imidazole rings is 1. The Morgan fingerprint density at radius 1 is 1.11 bits per heavy atom. The Kier molecular flexibility index (Phi) is 4.82. The minimum absolute atomic E-state index is 0.443. The highest BCUT2D eigenvalue weighted by Gasteiger charge is 2.17. The van der Waals surface area contributed by atoms with Crippen LogP contribution in [0.15, 0.2) is 67.1 Å². The van der Waals surface area contributed by atoms with Gasteiger partial charge in [-0.3, -0.25) is 14.7 Å². The van der Waals surface area contributed by atoms with Crippen LogP contribution in [0.2, 0.25) is 5.02 Å². The van der Waals surface area contributed by atoms with Gasteiger partial charge in [-0.2, -0.15) is 0 Å². The quantitative estimate of drug-likeness (QED) is 0.526. The van der Waals surface area contributed by atoms with Crippen molar-refractivity contribution in [3.8, 4) is 17.0 Å². The predicted octanol–water partition coefficient (Wildman–Crippen LogP) is 4.70. The van der Waals surface area contributed by atoms with Gasteiger partial charge in [0.15, 0.2) is 0 Å². The summed E-state index contributed by atoms with van der Waals surface area (Å²) in [5.74, 6) is 1.05. The van der Waals surface area contributed by atoms with E-state index in [1.165, 1.54) is 7.11 Å². The number of pyridine rings is 2. The first-order valence-corrected chi connectivity index (χ1v) is 8.82. The number of rotatable bonds is 4. The summed E-state index contributed by atoms with van der Waals surface area (Å²) in [6.07, 6.45) is 5.20. The number of ether oxygens (including phenoxy) is 1. The summed E-state index contributed by atoms with van der Waals surface area (Å²) >= 11 is 6.04. The molecule has 0 spiro atoms. The van der Waals surface area contributed by atoms with Crippen LogP contribution >= 0.6 is 11.6 Å². The van der Waals surface area contributed by atoms with Gasteiger partial charge in [-0.15, -0.1) is 0 Å². The lowest BCUT2D eigenvalue weighted by molar-refractivity contribution is 0.262. The molecular weight excluding hydrogens is 378 g/mol. The topological polar surface area (TPSA) is 80.5 Å². The van der Waals surface area contributed by atoms with E-state index in [1.807, 2.05) is 40.9 Å². The van der Waals surface area contributed by atoms with Crippen LogP contribution in [-0.4, -0.2) is 27.5 Å². The zero-order valence-corrected chi connectivity index (χ0v) is 15.6. The van der Waals surface area contributed by atoms with Crippen LogP contribution in [0.5, 0.6) is 5.75 Å². The first-order valence-electron chi connectivity index (χ1n) is 8.45. The summed E-state index contributed by atoms with van der Waals surface area (Å²) < 4.78 is 7.08. The van der Waals surface area contributed by atoms with E-state index in [4.69, 9.17) is 16.3 Å². The average molecular weight is 394 g/mol. The van der Waals surface area contributed by atoms with E-state index in [0.717, 1.165) is 5.56 Å². The first-order chi connectivity index (χ1) is 13.7. The smallest absolute Gasteiger partial charge is 0.324 e. The zero-order valence-electron chi connectivity index (χ0n) is 14.9. The molecule has 0 unspecified atom stereocenters. The molecule has 0 aliphatic heterocycles. The molecule has 7 nitrogen and oxygen atoms in total. The van der Waals surface area contributed by atoms with Crippen LogP contribution in [0.3, 0.4) is 0 Å². The maximum Gasteiger partial charge on any atom is 0.324 e. The second-order valence-electron chi connectivity index (χ2n) is 5.90. The molecule has 0 saturated heterocycles. The number of hydrogen-bond acceptors (Lipinski definition) is 4. The van der Waals surface area contributed by atoms with Crippen molar-refractivity contribution in [3.63, 3.8) is 0 Å². The van der Waals surface area contributed by atoms with Crippen LogP contribution in [0.25, 0.3) is 16.9 Å². The van der Waals surface area contributed by atoms with Crippen molar-refractivity contribution in [2.75, 3.05) is 17.7 Å². The molecule has 2 N–H and O–H groups in total. The fourth-order valence-electron chi connectivity index (χ4n) is 2.87. The van der Waals surface area contributed by atoms with E-state index in [2.05, 4.69) is 20.6 Å². The Bertz CT molecular complexity index is 1140. The van der Waals surface area contributed by atoms with Gasteiger partial charge in [0.25, 0.3) is 0 Å². The molecule has 3 heterocycles. The van der Waals surface area contributed by atoms with Gasteiger partial charge in [-0.1, -0.05) is 17.7 Å². The number of hydrogen-bond donors (Lipinski definition) is 2. The van der Waals surface area contributed by atoms with Gasteiger partial charge >= 0.3 is 6.03 Å². The molecule has 140 valence electrons. The van der Waals surface area contributed by atoms with Crippen molar-refractivity contribution in [2.24, 2.45) is 0 Å². The first kappa shape index (κ1) is 17.8. The van der Waals surface area contributed by atoms with Crippen LogP contribution in [0, 0.1) is 0 Å². The highest BCUT2D eigenvalue weighted by atomic mass is 35.5. The monoisotopic (exact) mass is 393 g/mol. The van der Waals surface area contributed by atoms with E-state index in [0.29, 0.717) is 33.6 Å². The number of aromatic nitrogens is 3. The van der Waals surface area contributed by atoms with Gasteiger partial charge in [0.1, 0.15) is 22.9 Å². The summed E-state index contributed by atoms with van der Waals surface area (Å²) in [6, 6.07) is 13.9. The third-order valence-electron chi connectivity index (χ3n) is 4.13. The zero-order chi connectivity index (χ0) is 19.5. The predicted molar refractivity (Wildman–Crippen MR) is 109 cm³/mol. The van der Waals surface area contributed by atoms with Crippen molar-refractivity contribution in [1.82, 2.24) is 14.4 Å². The Labute approximate surface area is 166 Å². The van der Waals surface area contributed by atoms with Crippen LogP contribution < -0.4 is 15.4 Å². The number of methoxy groups -OCH3 is 1. The van der Waals surface area contributed by atoms with Crippen molar-refractivity contribution in [2.45, 2.75) is 0 Å². The lowest BCUT2D eigenvalue weighted by atomic mass is 10.2. The van der Waals surface area contributed by atoms with E-state index >= 15 is 0 Å². The Morgan fingerprint density at radius 2 is 1.93 bits per heavy atom. The summed E-state index contributed by atoms with van der Waals surface area (Å²) in [6.45, 7) is 0. The third-order valence-corrected chi connectivity index (χ3v) is 4.36. The van der Waals surface area contributed by atoms with Gasteiger partial charge in [-0.25, -0.2) is 9.78 Å². The molecule has 0 aliphatic rings. The lowest BCUT2D eigenvalue weighted by Gasteiger charge is -2.12. The minimum atomic E-state index is -0.443. The summed E-state index contributed by atoms with van der Waals surface area (Å²) in [5.41, 5.74) is 2.66. The lowest BCUT2D eigenvalue weighted by Crippen LogP contribution is -2.21. The third kappa shape index (κ3) is 3.47. The number of amides is 2. The number of fused-ring (bicyclic) bond motifs is 1. The van der Waals surface area contributed by atoms with E-state index < -0.39 is 6.03 Å². The summed E-state index contributed by atoms with van der Waals surface area (Å²) in [5, 5.41) is 6.14. The molecular formula is C20H16ClN5O2. The van der Waals surface area contributed by atoms with Gasteiger partial charge in [0.05, 0.1) is 12.8 Å². The van der Waals surface area contributed by atoms with Crippen LogP contribution in [0.4, 0.5) is 16.3 Å². The number of nitrogens with zero attached hydrogens (tertiary/aromatic N) is 3. The number of halogens is 1. The van der Waals surface area contributed by atoms with Crippen LogP contribution in [-0.2, 0) is 0 Å². The number of carbonyl (C=O) groups is 1. The fraction of sp³-hybridized carbons (Fsp3) is 0.0500. The Hall–Kier alpha value is -3.58. The molecule has 0 saturated carbocycles. The highest BCUT2D eigenvalue weighted by molar-refractivity contribution is 6.31. The number of benzene rings is 1. The van der Waals surface area contributed by atoms with Crippen molar-refractivity contribution >= 4 is 34.8 Å². The maximum absolute atomic E-state index is 12.7. The second-order valence-corrected chi connectivity index (χ2v) is 6.33. The standard InChI is InChI=1S/C20H16ClN5O2/c1-28-16-6-5-14(21)12-15(16)23-20(27)25-19-18(13-7-9-22-10-8-13)24-17-4-2-3-11-26(17)19/h2-12H,1H3,(H2,23,25,27). The second kappa shape index (κ2) is 7.58. The molecule has 3 aromatic heterocycles. The van der Waals surface area contributed by atoms with E-state index in [-0.39, 0.29) is 0 Å². The molecule has 0 radical (unpaired) electrons. The SMILES string of the molecule is COc1ccc(Cl)cc1NC(=O)Nc1c(-c2ccncc2)nc2ccccn12. The summed E-state index contributed by atoms with van der Waals surface area (Å²) in [7, 11) is 1.53. The Morgan fingerprint density at radius 3 is 2.71 bits per heavy atom. The molecule has 28 heavy (non-hydrogen) atoms. The number of carbonyl (C=O) groups excluding carboxylic acids is 1. The highest BCUT2D eigenvalue weighted by Crippen LogP contribution is 2.30. The summed E-state index contributed by atoms with van der Waals surface area (Å²) in [4.78, 5) is 21.4. The van der Waals surface area contributed by atoms with Gasteiger partial charge in [0, 0.05) is 29.2 Å². The Balaban J connectivity index is 1.70. The molecule has 0 aliphatic carbocycles. The number of anilines is 2. The van der Waals surface area contributed by atoms with Gasteiger partial charge < -0.3 is 10.1 Å². The molecule has 0 atom stereocenters. The average Bonchev–Trinajstić information content (AvgIpc) is 3.07. The molecule has 0 fully saturated rings. The fourth-order valence-corrected chi connectivity index (χ4v) is 3.04. The van der Waals surface area contributed by atoms with Crippen LogP contribution in [0.1, 0.15) is 0 Å². The largest absolute Gasteiger partial charge is 0.495 e. The van der Waals surface area contributed by atoms with E-state index in [9.17, 15) is 4.79 Å². The van der Waals surface area contributed by atoms with Crippen molar-refractivity contribution in [3.05, 3.63) is 72.1 Å². The molecule has 2 amide bonds. The minimum Gasteiger partial charge on any atom is -0.495 e. The number of nitrogens with one attached hydrogen (secondary N) is 2. The maximum atomic E-state index is 12.7. The molecule has 1 aromatic carbocycles. The van der Waals surface area contributed by atoms with E-state index in [1.54, 1.807) is 30.6 Å². The molecule has 0 bridgehead atoms. The normalized spacial score (nSPS) is 10.6.